The van der Waals surface area contributed by atoms with Crippen molar-refractivity contribution < 1.29 is 32.9 Å². The highest BCUT2D eigenvalue weighted by atomic mass is 19.1. The Hall–Kier alpha value is -4.34. The molecule has 3 aromatic rings. The molecule has 0 aliphatic carbocycles. The van der Waals surface area contributed by atoms with Crippen LogP contribution in [0.1, 0.15) is 15.9 Å². The number of hydrogen-bond donors (Lipinski definition) is 2. The highest BCUT2D eigenvalue weighted by Crippen LogP contribution is 2.38. The lowest BCUT2D eigenvalue weighted by molar-refractivity contribution is -0.120. The van der Waals surface area contributed by atoms with Gasteiger partial charge >= 0.3 is 0 Å². The number of benzene rings is 2. The van der Waals surface area contributed by atoms with Gasteiger partial charge in [0.05, 0.1) is 14.2 Å². The lowest BCUT2D eigenvalue weighted by Gasteiger charge is -2.15. The molecule has 0 aliphatic heterocycles. The number of nitrogens with two attached hydrogens (primary N) is 1. The topological polar surface area (TPSA) is 122 Å². The van der Waals surface area contributed by atoms with Crippen LogP contribution in [0.3, 0.4) is 0 Å². The highest BCUT2D eigenvalue weighted by Gasteiger charge is 2.19. The van der Waals surface area contributed by atoms with Gasteiger partial charge in [0.1, 0.15) is 11.6 Å². The van der Waals surface area contributed by atoms with Crippen molar-refractivity contribution in [1.29, 1.82) is 0 Å². The summed E-state index contributed by atoms with van der Waals surface area (Å²) in [6.07, 6.45) is 1.53. The third kappa shape index (κ3) is 6.10. The van der Waals surface area contributed by atoms with E-state index < -0.39 is 17.6 Å². The van der Waals surface area contributed by atoms with E-state index >= 15 is 0 Å². The molecule has 10 heteroatoms. The molecule has 2 aromatic carbocycles. The lowest BCUT2D eigenvalue weighted by atomic mass is 10.1. The van der Waals surface area contributed by atoms with Crippen LogP contribution in [0.2, 0.25) is 0 Å². The van der Waals surface area contributed by atoms with Crippen LogP contribution >= 0.6 is 0 Å². The van der Waals surface area contributed by atoms with E-state index in [1.165, 1.54) is 50.7 Å². The third-order valence-corrected chi connectivity index (χ3v) is 4.38. The zero-order valence-corrected chi connectivity index (χ0v) is 18.0. The first kappa shape index (κ1) is 23.3. The van der Waals surface area contributed by atoms with Crippen molar-refractivity contribution in [2.24, 2.45) is 5.73 Å². The fourth-order valence-electron chi connectivity index (χ4n) is 2.87. The maximum atomic E-state index is 13.4. The van der Waals surface area contributed by atoms with Gasteiger partial charge in [-0.25, -0.2) is 9.37 Å². The predicted molar refractivity (Wildman–Crippen MR) is 116 cm³/mol. The molecule has 2 amide bonds. The number of pyridine rings is 1. The molecule has 172 valence electrons. The van der Waals surface area contributed by atoms with Crippen LogP contribution in [0.15, 0.2) is 54.7 Å². The van der Waals surface area contributed by atoms with Crippen LogP contribution in [0.4, 0.5) is 4.39 Å². The van der Waals surface area contributed by atoms with Gasteiger partial charge in [0.2, 0.25) is 11.6 Å². The molecule has 0 bridgehead atoms. The van der Waals surface area contributed by atoms with Crippen LogP contribution in [-0.2, 0) is 11.3 Å². The number of hydrogen-bond acceptors (Lipinski definition) is 7. The van der Waals surface area contributed by atoms with E-state index in [4.69, 9.17) is 24.7 Å². The molecule has 3 N–H and O–H groups in total. The number of amides is 2. The van der Waals surface area contributed by atoms with Crippen molar-refractivity contribution in [2.75, 3.05) is 20.8 Å². The van der Waals surface area contributed by atoms with Crippen molar-refractivity contribution in [3.63, 3.8) is 0 Å². The summed E-state index contributed by atoms with van der Waals surface area (Å²) >= 11 is 0. The number of methoxy groups -OCH3 is 2. The normalized spacial score (nSPS) is 10.3. The third-order valence-electron chi connectivity index (χ3n) is 4.38. The van der Waals surface area contributed by atoms with Crippen LogP contribution in [-0.4, -0.2) is 37.6 Å². The Bertz CT molecular complexity index is 1130. The summed E-state index contributed by atoms with van der Waals surface area (Å²) in [4.78, 5) is 28.0. The number of rotatable bonds is 10. The maximum Gasteiger partial charge on any atom is 0.255 e. The van der Waals surface area contributed by atoms with Gasteiger partial charge in [-0.1, -0.05) is 12.1 Å². The summed E-state index contributed by atoms with van der Waals surface area (Å²) < 4.78 is 35.0. The first-order chi connectivity index (χ1) is 15.9. The number of carbonyl (C=O) groups is 2. The molecule has 0 saturated heterocycles. The standard InChI is InChI=1S/C23H22FN3O6/c1-30-18-9-15(10-19(31-2)21(18)32-13-20(25)28)22(29)27-12-14-5-4-8-26-23(14)33-17-7-3-6-16(24)11-17/h3-11H,12-13H2,1-2H3,(H2,25,28)(H,27,29). The minimum atomic E-state index is -0.673. The van der Waals surface area contributed by atoms with Crippen molar-refractivity contribution in [3.8, 4) is 28.9 Å². The van der Waals surface area contributed by atoms with Gasteiger partial charge in [0.25, 0.3) is 11.8 Å². The van der Waals surface area contributed by atoms with E-state index in [1.807, 2.05) is 0 Å². The first-order valence-corrected chi connectivity index (χ1v) is 9.74. The average Bonchev–Trinajstić information content (AvgIpc) is 2.81. The number of nitrogens with zero attached hydrogens (tertiary/aromatic N) is 1. The summed E-state index contributed by atoms with van der Waals surface area (Å²) in [5.74, 6) is -0.509. The molecule has 0 radical (unpaired) electrons. The number of nitrogens with one attached hydrogen (secondary N) is 1. The first-order valence-electron chi connectivity index (χ1n) is 9.74. The number of aromatic nitrogens is 1. The Morgan fingerprint density at radius 1 is 1.06 bits per heavy atom. The van der Waals surface area contributed by atoms with Gasteiger partial charge in [-0.2, -0.15) is 0 Å². The van der Waals surface area contributed by atoms with E-state index in [1.54, 1.807) is 18.2 Å². The molecule has 1 aromatic heterocycles. The van der Waals surface area contributed by atoms with Crippen LogP contribution < -0.4 is 30.0 Å². The molecule has 0 atom stereocenters. The summed E-state index contributed by atoms with van der Waals surface area (Å²) in [5, 5.41) is 2.77. The van der Waals surface area contributed by atoms with Crippen molar-refractivity contribution in [3.05, 3.63) is 71.7 Å². The molecule has 33 heavy (non-hydrogen) atoms. The summed E-state index contributed by atoms with van der Waals surface area (Å²) in [5.41, 5.74) is 5.93. The molecular formula is C23H22FN3O6. The Kier molecular flexibility index (Phi) is 7.64. The van der Waals surface area contributed by atoms with Gasteiger partial charge in [0.15, 0.2) is 18.1 Å². The van der Waals surface area contributed by atoms with Crippen LogP contribution in [0, 0.1) is 5.82 Å². The van der Waals surface area contributed by atoms with Gasteiger partial charge in [-0.3, -0.25) is 9.59 Å². The van der Waals surface area contributed by atoms with Crippen molar-refractivity contribution >= 4 is 11.8 Å². The molecule has 0 spiro atoms. The number of ether oxygens (including phenoxy) is 4. The molecule has 1 heterocycles. The van der Waals surface area contributed by atoms with Gasteiger partial charge in [-0.05, 0) is 30.3 Å². The fourth-order valence-corrected chi connectivity index (χ4v) is 2.87. The Balaban J connectivity index is 1.76. The minimum absolute atomic E-state index is 0.0852. The second kappa shape index (κ2) is 10.8. The smallest absolute Gasteiger partial charge is 0.255 e. The van der Waals surface area contributed by atoms with Crippen LogP contribution in [0.5, 0.6) is 28.9 Å². The average molecular weight is 455 g/mol. The fraction of sp³-hybridized carbons (Fsp3) is 0.174. The molecule has 3 rings (SSSR count). The van der Waals surface area contributed by atoms with Crippen molar-refractivity contribution in [2.45, 2.75) is 6.54 Å². The van der Waals surface area contributed by atoms with Gasteiger partial charge in [-0.15, -0.1) is 0 Å². The maximum absolute atomic E-state index is 13.4. The van der Waals surface area contributed by atoms with E-state index in [-0.39, 0.29) is 47.6 Å². The highest BCUT2D eigenvalue weighted by molar-refractivity contribution is 5.95. The second-order valence-electron chi connectivity index (χ2n) is 6.67. The minimum Gasteiger partial charge on any atom is -0.493 e. The summed E-state index contributed by atoms with van der Waals surface area (Å²) in [6.45, 7) is -0.296. The molecule has 0 fully saturated rings. The molecule has 0 saturated carbocycles. The predicted octanol–water partition coefficient (Wildman–Crippen LogP) is 2.82. The summed E-state index contributed by atoms with van der Waals surface area (Å²) in [7, 11) is 2.78. The van der Waals surface area contributed by atoms with E-state index in [0.29, 0.717) is 5.56 Å². The largest absolute Gasteiger partial charge is 0.493 e. The SMILES string of the molecule is COc1cc(C(=O)NCc2cccnc2Oc2cccc(F)c2)cc(OC)c1OCC(N)=O. The number of carbonyl (C=O) groups excluding carboxylic acids is 2. The zero-order chi connectivity index (χ0) is 23.8. The monoisotopic (exact) mass is 455 g/mol. The van der Waals surface area contributed by atoms with E-state index in [2.05, 4.69) is 10.3 Å². The van der Waals surface area contributed by atoms with Crippen molar-refractivity contribution in [1.82, 2.24) is 10.3 Å². The molecule has 0 aliphatic rings. The second-order valence-corrected chi connectivity index (χ2v) is 6.67. The quantitative estimate of drug-likeness (QED) is 0.482. The molecule has 9 nitrogen and oxygen atoms in total. The zero-order valence-electron chi connectivity index (χ0n) is 18.0. The van der Waals surface area contributed by atoms with E-state index in [0.717, 1.165) is 0 Å². The molecule has 0 unspecified atom stereocenters. The molecular weight excluding hydrogens is 433 g/mol. The lowest BCUT2D eigenvalue weighted by Crippen LogP contribution is -2.23. The Morgan fingerprint density at radius 3 is 2.42 bits per heavy atom. The summed E-state index contributed by atoms with van der Waals surface area (Å²) in [6, 6.07) is 12.0. The van der Waals surface area contributed by atoms with Gasteiger partial charge in [0, 0.05) is 29.9 Å². The number of halogens is 1. The Labute approximate surface area is 189 Å². The van der Waals surface area contributed by atoms with Gasteiger partial charge < -0.3 is 30.0 Å². The number of primary amides is 1. The Morgan fingerprint density at radius 2 is 1.79 bits per heavy atom. The van der Waals surface area contributed by atoms with Crippen LogP contribution in [0.25, 0.3) is 0 Å². The van der Waals surface area contributed by atoms with E-state index in [9.17, 15) is 14.0 Å².